The van der Waals surface area contributed by atoms with E-state index in [2.05, 4.69) is 56.2 Å². The summed E-state index contributed by atoms with van der Waals surface area (Å²) in [4.78, 5) is 3.89. The van der Waals surface area contributed by atoms with Crippen molar-refractivity contribution < 1.29 is 0 Å². The van der Waals surface area contributed by atoms with Crippen LogP contribution in [0, 0.1) is 0 Å². The number of anilines is 1. The van der Waals surface area contributed by atoms with Crippen molar-refractivity contribution in [1.82, 2.24) is 5.32 Å². The third kappa shape index (κ3) is 2.39. The number of para-hydroxylation sites is 1. The van der Waals surface area contributed by atoms with Gasteiger partial charge in [-0.3, -0.25) is 0 Å². The van der Waals surface area contributed by atoms with Crippen LogP contribution < -0.4 is 10.2 Å². The van der Waals surface area contributed by atoms with Crippen molar-refractivity contribution in [3.05, 3.63) is 23.8 Å². The maximum absolute atomic E-state index is 3.31. The largest absolute Gasteiger partial charge is 0.370 e. The first-order valence-corrected chi connectivity index (χ1v) is 7.61. The lowest BCUT2D eigenvalue weighted by atomic mass is 9.99. The van der Waals surface area contributed by atoms with Crippen LogP contribution >= 0.6 is 11.8 Å². The third-order valence-electron chi connectivity index (χ3n) is 3.84. The molecule has 0 radical (unpaired) electrons. The molecule has 18 heavy (non-hydrogen) atoms. The SMILES string of the molecule is CNCC1Sc2cccc(C(C)C)c2N(C)C1C. The molecule has 2 unspecified atom stereocenters. The molecule has 1 aromatic rings. The number of rotatable bonds is 3. The van der Waals surface area contributed by atoms with Gasteiger partial charge in [-0.25, -0.2) is 0 Å². The van der Waals surface area contributed by atoms with Crippen LogP contribution in [0.15, 0.2) is 23.1 Å². The van der Waals surface area contributed by atoms with Crippen molar-refractivity contribution in [2.24, 2.45) is 0 Å². The van der Waals surface area contributed by atoms with Crippen LogP contribution in [-0.4, -0.2) is 31.9 Å². The highest BCUT2D eigenvalue weighted by Gasteiger charge is 2.31. The predicted octanol–water partition coefficient (Wildman–Crippen LogP) is 3.33. The zero-order valence-electron chi connectivity index (χ0n) is 12.0. The lowest BCUT2D eigenvalue weighted by molar-refractivity contribution is 0.599. The average Bonchev–Trinajstić information content (AvgIpc) is 2.35. The van der Waals surface area contributed by atoms with Gasteiger partial charge in [0.15, 0.2) is 0 Å². The Hall–Kier alpha value is -0.670. The van der Waals surface area contributed by atoms with Crippen molar-refractivity contribution in [1.29, 1.82) is 0 Å². The average molecular weight is 264 g/mol. The van der Waals surface area contributed by atoms with Gasteiger partial charge in [0, 0.05) is 29.8 Å². The second-order valence-corrected chi connectivity index (χ2v) is 6.70. The topological polar surface area (TPSA) is 15.3 Å². The van der Waals surface area contributed by atoms with E-state index in [0.29, 0.717) is 17.2 Å². The lowest BCUT2D eigenvalue weighted by Crippen LogP contribution is -2.45. The summed E-state index contributed by atoms with van der Waals surface area (Å²) in [6, 6.07) is 7.29. The summed E-state index contributed by atoms with van der Waals surface area (Å²) in [5.74, 6) is 0.580. The Morgan fingerprint density at radius 1 is 1.39 bits per heavy atom. The van der Waals surface area contributed by atoms with Gasteiger partial charge >= 0.3 is 0 Å². The van der Waals surface area contributed by atoms with E-state index in [9.17, 15) is 0 Å². The summed E-state index contributed by atoms with van der Waals surface area (Å²) in [5, 5.41) is 3.93. The van der Waals surface area contributed by atoms with Crippen molar-refractivity contribution in [2.75, 3.05) is 25.5 Å². The van der Waals surface area contributed by atoms with E-state index in [1.807, 2.05) is 18.8 Å². The highest BCUT2D eigenvalue weighted by atomic mass is 32.2. The minimum absolute atomic E-state index is 0.565. The van der Waals surface area contributed by atoms with E-state index in [-0.39, 0.29) is 0 Å². The molecule has 0 aromatic heterocycles. The fourth-order valence-electron chi connectivity index (χ4n) is 2.61. The van der Waals surface area contributed by atoms with Crippen LogP contribution in [0.2, 0.25) is 0 Å². The normalized spacial score (nSPS) is 23.3. The maximum atomic E-state index is 3.31. The molecule has 0 aliphatic carbocycles. The van der Waals surface area contributed by atoms with Gasteiger partial charge in [-0.05, 0) is 31.5 Å². The van der Waals surface area contributed by atoms with Gasteiger partial charge in [0.25, 0.3) is 0 Å². The van der Waals surface area contributed by atoms with E-state index in [4.69, 9.17) is 0 Å². The zero-order valence-corrected chi connectivity index (χ0v) is 12.8. The second-order valence-electron chi connectivity index (χ2n) is 5.41. The van der Waals surface area contributed by atoms with Crippen molar-refractivity contribution in [3.8, 4) is 0 Å². The Morgan fingerprint density at radius 2 is 2.11 bits per heavy atom. The summed E-state index contributed by atoms with van der Waals surface area (Å²) in [6.07, 6.45) is 0. The fourth-order valence-corrected chi connectivity index (χ4v) is 4.09. The highest BCUT2D eigenvalue weighted by Crippen LogP contribution is 2.44. The van der Waals surface area contributed by atoms with Crippen molar-refractivity contribution in [3.63, 3.8) is 0 Å². The Bertz CT molecular complexity index is 417. The molecule has 0 amide bonds. The summed E-state index contributed by atoms with van der Waals surface area (Å²) < 4.78 is 0. The number of thioether (sulfide) groups is 1. The molecule has 2 nitrogen and oxygen atoms in total. The van der Waals surface area contributed by atoms with E-state index in [1.54, 1.807) is 0 Å². The summed E-state index contributed by atoms with van der Waals surface area (Å²) in [6.45, 7) is 7.94. The van der Waals surface area contributed by atoms with E-state index in [1.165, 1.54) is 16.1 Å². The molecule has 0 saturated carbocycles. The minimum Gasteiger partial charge on any atom is -0.370 e. The molecule has 0 fully saturated rings. The molecule has 1 aromatic carbocycles. The van der Waals surface area contributed by atoms with E-state index >= 15 is 0 Å². The Balaban J connectivity index is 2.41. The van der Waals surface area contributed by atoms with Gasteiger partial charge in [0.2, 0.25) is 0 Å². The zero-order chi connectivity index (χ0) is 13.3. The van der Waals surface area contributed by atoms with Gasteiger partial charge in [0.05, 0.1) is 5.69 Å². The molecule has 2 rings (SSSR count). The molecule has 100 valence electrons. The van der Waals surface area contributed by atoms with Gasteiger partial charge in [-0.2, -0.15) is 0 Å². The molecular weight excluding hydrogens is 240 g/mol. The van der Waals surface area contributed by atoms with E-state index < -0.39 is 0 Å². The second kappa shape index (κ2) is 5.54. The first-order valence-electron chi connectivity index (χ1n) is 6.73. The monoisotopic (exact) mass is 264 g/mol. The number of nitrogens with zero attached hydrogens (tertiary/aromatic N) is 1. The first kappa shape index (κ1) is 13.8. The lowest BCUT2D eigenvalue weighted by Gasteiger charge is -2.41. The van der Waals surface area contributed by atoms with Crippen molar-refractivity contribution >= 4 is 17.4 Å². The number of fused-ring (bicyclic) bond motifs is 1. The molecule has 1 aliphatic rings. The van der Waals surface area contributed by atoms with Crippen LogP contribution in [0.1, 0.15) is 32.3 Å². The maximum Gasteiger partial charge on any atom is 0.0539 e. The number of hydrogen-bond donors (Lipinski definition) is 1. The Labute approximate surface area is 115 Å². The predicted molar refractivity (Wildman–Crippen MR) is 82.0 cm³/mol. The summed E-state index contributed by atoms with van der Waals surface area (Å²) in [5.41, 5.74) is 2.91. The molecule has 0 bridgehead atoms. The van der Waals surface area contributed by atoms with Crippen LogP contribution in [0.5, 0.6) is 0 Å². The molecule has 0 spiro atoms. The molecule has 1 N–H and O–H groups in total. The van der Waals surface area contributed by atoms with Crippen LogP contribution in [0.4, 0.5) is 5.69 Å². The van der Waals surface area contributed by atoms with Crippen LogP contribution in [0.3, 0.4) is 0 Å². The van der Waals surface area contributed by atoms with Crippen LogP contribution in [0.25, 0.3) is 0 Å². The Kier molecular flexibility index (Phi) is 4.23. The Morgan fingerprint density at radius 3 is 2.72 bits per heavy atom. The fraction of sp³-hybridized carbons (Fsp3) is 0.600. The van der Waals surface area contributed by atoms with Gasteiger partial charge < -0.3 is 10.2 Å². The minimum atomic E-state index is 0.565. The molecule has 1 aliphatic heterocycles. The van der Waals surface area contributed by atoms with Gasteiger partial charge in [0.1, 0.15) is 0 Å². The third-order valence-corrected chi connectivity index (χ3v) is 5.28. The number of nitrogens with one attached hydrogen (secondary N) is 1. The molecule has 3 heteroatoms. The summed E-state index contributed by atoms with van der Waals surface area (Å²) >= 11 is 2.02. The first-order chi connectivity index (χ1) is 8.56. The van der Waals surface area contributed by atoms with Gasteiger partial charge in [-0.15, -0.1) is 11.8 Å². The van der Waals surface area contributed by atoms with Gasteiger partial charge in [-0.1, -0.05) is 26.0 Å². The smallest absolute Gasteiger partial charge is 0.0539 e. The molecule has 1 heterocycles. The standard InChI is InChI=1S/C15H24N2S/c1-10(2)12-7-6-8-13-15(12)17(5)11(3)14(18-13)9-16-4/h6-8,10-11,14,16H,9H2,1-5H3. The van der Waals surface area contributed by atoms with Crippen molar-refractivity contribution in [2.45, 2.75) is 42.9 Å². The van der Waals surface area contributed by atoms with E-state index in [0.717, 1.165) is 6.54 Å². The number of hydrogen-bond acceptors (Lipinski definition) is 3. The van der Waals surface area contributed by atoms with Crippen LogP contribution in [-0.2, 0) is 0 Å². The molecule has 0 saturated heterocycles. The molecule has 2 atom stereocenters. The quantitative estimate of drug-likeness (QED) is 0.901. The highest BCUT2D eigenvalue weighted by molar-refractivity contribution is 8.00. The number of benzene rings is 1. The summed E-state index contributed by atoms with van der Waals surface area (Å²) in [7, 11) is 4.27. The molecular formula is C15H24N2S.